The minimum Gasteiger partial charge on any atom is -0.361 e. The lowest BCUT2D eigenvalue weighted by Gasteiger charge is -2.32. The van der Waals surface area contributed by atoms with Crippen molar-refractivity contribution in [2.75, 3.05) is 13.1 Å². The van der Waals surface area contributed by atoms with Crippen molar-refractivity contribution >= 4 is 17.2 Å². The third-order valence-electron chi connectivity index (χ3n) is 4.97. The smallest absolute Gasteiger partial charge is 0.273 e. The molecule has 4 heterocycles. The number of aryl methyl sites for hydroxylation is 2. The predicted molar refractivity (Wildman–Crippen MR) is 101 cm³/mol. The van der Waals surface area contributed by atoms with Gasteiger partial charge in [-0.2, -0.15) is 0 Å². The van der Waals surface area contributed by atoms with Gasteiger partial charge in [-0.1, -0.05) is 5.16 Å². The van der Waals surface area contributed by atoms with Crippen LogP contribution in [0.3, 0.4) is 0 Å². The van der Waals surface area contributed by atoms with E-state index in [4.69, 9.17) is 4.52 Å². The van der Waals surface area contributed by atoms with Crippen LogP contribution in [0.5, 0.6) is 0 Å². The van der Waals surface area contributed by atoms with Gasteiger partial charge in [0.25, 0.3) is 5.91 Å². The lowest BCUT2D eigenvalue weighted by molar-refractivity contribution is 0.0667. The number of piperidine rings is 1. The highest BCUT2D eigenvalue weighted by atomic mass is 32.1. The van der Waals surface area contributed by atoms with E-state index < -0.39 is 0 Å². The van der Waals surface area contributed by atoms with Crippen molar-refractivity contribution < 1.29 is 9.32 Å². The van der Waals surface area contributed by atoms with Crippen molar-refractivity contribution in [1.29, 1.82) is 0 Å². The number of rotatable bonds is 4. The van der Waals surface area contributed by atoms with E-state index >= 15 is 0 Å². The normalized spacial score (nSPS) is 17.3. The van der Waals surface area contributed by atoms with Crippen LogP contribution in [0.4, 0.5) is 0 Å². The number of likely N-dealkylation sites (tertiary alicyclic amines) is 1. The molecule has 1 atom stereocenters. The summed E-state index contributed by atoms with van der Waals surface area (Å²) < 4.78 is 5.26. The maximum Gasteiger partial charge on any atom is 0.273 e. The molecule has 1 fully saturated rings. The van der Waals surface area contributed by atoms with E-state index in [1.165, 1.54) is 11.3 Å². The first-order valence-electron chi connectivity index (χ1n) is 9.03. The molecule has 0 spiro atoms. The molecule has 27 heavy (non-hydrogen) atoms. The van der Waals surface area contributed by atoms with Crippen LogP contribution in [0.25, 0.3) is 11.3 Å². The molecule has 1 amide bonds. The fraction of sp³-hybridized carbons (Fsp3) is 0.421. The van der Waals surface area contributed by atoms with E-state index in [2.05, 4.69) is 20.1 Å². The molecule has 0 N–H and O–H groups in total. The average Bonchev–Trinajstić information content (AvgIpc) is 3.32. The molecular formula is C19H21N5O2S. The Morgan fingerprint density at radius 2 is 2.22 bits per heavy atom. The lowest BCUT2D eigenvalue weighted by Crippen LogP contribution is -2.40. The van der Waals surface area contributed by atoms with Crippen LogP contribution >= 0.6 is 11.3 Å². The second-order valence-electron chi connectivity index (χ2n) is 6.93. The Balaban J connectivity index is 1.48. The molecule has 8 heteroatoms. The number of hydrogen-bond acceptors (Lipinski definition) is 7. The van der Waals surface area contributed by atoms with E-state index in [0.29, 0.717) is 11.6 Å². The van der Waals surface area contributed by atoms with Crippen LogP contribution in [0.1, 0.15) is 40.5 Å². The lowest BCUT2D eigenvalue weighted by atomic mass is 9.92. The summed E-state index contributed by atoms with van der Waals surface area (Å²) in [4.78, 5) is 27.5. The zero-order chi connectivity index (χ0) is 18.8. The van der Waals surface area contributed by atoms with E-state index in [1.807, 2.05) is 30.2 Å². The molecule has 7 nitrogen and oxygen atoms in total. The molecule has 3 aromatic rings. The quantitative estimate of drug-likeness (QED) is 0.687. The van der Waals surface area contributed by atoms with E-state index in [0.717, 1.165) is 60.8 Å². The number of carbonyl (C=O) groups excluding carboxylic acids is 1. The SMILES string of the molecule is Cc1noc(C)c1-c1cc(CC2CCCN(C(=O)c3cscn3)C2)ncn1. The topological polar surface area (TPSA) is 85.0 Å². The van der Waals surface area contributed by atoms with Crippen molar-refractivity contribution in [2.24, 2.45) is 5.92 Å². The summed E-state index contributed by atoms with van der Waals surface area (Å²) in [6, 6.07) is 2.01. The van der Waals surface area contributed by atoms with Crippen molar-refractivity contribution in [3.63, 3.8) is 0 Å². The van der Waals surface area contributed by atoms with Gasteiger partial charge in [0.15, 0.2) is 0 Å². The number of hydrogen-bond donors (Lipinski definition) is 0. The summed E-state index contributed by atoms with van der Waals surface area (Å²) in [5, 5.41) is 5.82. The van der Waals surface area contributed by atoms with Gasteiger partial charge in [0.1, 0.15) is 17.8 Å². The minimum absolute atomic E-state index is 0.0278. The number of thiazole rings is 1. The van der Waals surface area contributed by atoms with Gasteiger partial charge in [0.05, 0.1) is 22.5 Å². The third-order valence-corrected chi connectivity index (χ3v) is 5.56. The fourth-order valence-corrected chi connectivity index (χ4v) is 4.21. The summed E-state index contributed by atoms with van der Waals surface area (Å²) in [6.07, 6.45) is 4.51. The van der Waals surface area contributed by atoms with Gasteiger partial charge >= 0.3 is 0 Å². The predicted octanol–water partition coefficient (Wildman–Crippen LogP) is 3.30. The summed E-state index contributed by atoms with van der Waals surface area (Å²) in [5.74, 6) is 1.17. The highest BCUT2D eigenvalue weighted by Gasteiger charge is 2.26. The Kier molecular flexibility index (Phi) is 4.98. The van der Waals surface area contributed by atoms with E-state index in [1.54, 1.807) is 11.8 Å². The largest absolute Gasteiger partial charge is 0.361 e. The van der Waals surface area contributed by atoms with Gasteiger partial charge in [-0.25, -0.2) is 15.0 Å². The maximum atomic E-state index is 12.6. The first-order valence-corrected chi connectivity index (χ1v) is 9.97. The standard InChI is InChI=1S/C19H21N5O2S/c1-12-18(13(2)26-23-12)16-7-15(20-10-21-16)6-14-4-3-5-24(8-14)19(25)17-9-27-11-22-17/h7,9-11,14H,3-6,8H2,1-2H3. The second-order valence-corrected chi connectivity index (χ2v) is 7.65. The van der Waals surface area contributed by atoms with Crippen LogP contribution in [0, 0.1) is 19.8 Å². The van der Waals surface area contributed by atoms with Gasteiger partial charge in [-0.15, -0.1) is 11.3 Å². The fourth-order valence-electron chi connectivity index (χ4n) is 3.69. The molecule has 1 saturated heterocycles. The molecule has 0 aromatic carbocycles. The molecular weight excluding hydrogens is 362 g/mol. The zero-order valence-electron chi connectivity index (χ0n) is 15.4. The van der Waals surface area contributed by atoms with Crippen LogP contribution in [-0.2, 0) is 6.42 Å². The first-order chi connectivity index (χ1) is 13.1. The highest BCUT2D eigenvalue weighted by molar-refractivity contribution is 7.07. The minimum atomic E-state index is 0.0278. The van der Waals surface area contributed by atoms with Crippen LogP contribution < -0.4 is 0 Å². The number of carbonyl (C=O) groups is 1. The summed E-state index contributed by atoms with van der Waals surface area (Å²) in [6.45, 7) is 5.33. The maximum absolute atomic E-state index is 12.6. The number of amides is 1. The van der Waals surface area contributed by atoms with Crippen molar-refractivity contribution in [3.8, 4) is 11.3 Å². The van der Waals surface area contributed by atoms with Crippen molar-refractivity contribution in [2.45, 2.75) is 33.1 Å². The second kappa shape index (κ2) is 7.56. The Morgan fingerprint density at radius 1 is 1.33 bits per heavy atom. The van der Waals surface area contributed by atoms with Gasteiger partial charge < -0.3 is 9.42 Å². The molecule has 3 aromatic heterocycles. The molecule has 0 radical (unpaired) electrons. The van der Waals surface area contributed by atoms with Crippen molar-refractivity contribution in [1.82, 2.24) is 25.0 Å². The Morgan fingerprint density at radius 3 is 2.96 bits per heavy atom. The molecule has 1 unspecified atom stereocenters. The molecule has 1 aliphatic heterocycles. The molecule has 0 saturated carbocycles. The molecule has 1 aliphatic rings. The monoisotopic (exact) mass is 383 g/mol. The Hall–Kier alpha value is -2.61. The highest BCUT2D eigenvalue weighted by Crippen LogP contribution is 2.27. The van der Waals surface area contributed by atoms with Gasteiger partial charge in [0.2, 0.25) is 0 Å². The van der Waals surface area contributed by atoms with Crippen LogP contribution in [-0.4, -0.2) is 44.0 Å². The van der Waals surface area contributed by atoms with E-state index in [-0.39, 0.29) is 5.91 Å². The summed E-state index contributed by atoms with van der Waals surface area (Å²) >= 11 is 1.45. The number of nitrogens with zero attached hydrogens (tertiary/aromatic N) is 5. The molecule has 4 rings (SSSR count). The Labute approximate surface area is 161 Å². The third kappa shape index (κ3) is 3.75. The molecule has 0 bridgehead atoms. The zero-order valence-corrected chi connectivity index (χ0v) is 16.2. The van der Waals surface area contributed by atoms with Gasteiger partial charge in [-0.05, 0) is 45.1 Å². The number of aromatic nitrogens is 4. The van der Waals surface area contributed by atoms with Gasteiger partial charge in [0, 0.05) is 24.2 Å². The van der Waals surface area contributed by atoms with E-state index in [9.17, 15) is 4.79 Å². The van der Waals surface area contributed by atoms with Gasteiger partial charge in [-0.3, -0.25) is 4.79 Å². The van der Waals surface area contributed by atoms with Crippen LogP contribution in [0.2, 0.25) is 0 Å². The van der Waals surface area contributed by atoms with Crippen molar-refractivity contribution in [3.05, 3.63) is 46.1 Å². The summed E-state index contributed by atoms with van der Waals surface area (Å²) in [7, 11) is 0. The van der Waals surface area contributed by atoms with Crippen LogP contribution in [0.15, 0.2) is 27.8 Å². The first kappa shape index (κ1) is 17.8. The Bertz CT molecular complexity index is 918. The molecule has 0 aliphatic carbocycles. The summed E-state index contributed by atoms with van der Waals surface area (Å²) in [5.41, 5.74) is 5.82. The molecule has 140 valence electrons. The average molecular weight is 383 g/mol.